The highest BCUT2D eigenvalue weighted by Crippen LogP contribution is 2.43. The normalized spacial score (nSPS) is 12.2. The second kappa shape index (κ2) is 15.9. The Morgan fingerprint density at radius 3 is 1.18 bits per heavy atom. The van der Waals surface area contributed by atoms with Crippen molar-refractivity contribution in [2.24, 2.45) is 0 Å². The Morgan fingerprint density at radius 2 is 0.746 bits per heavy atom. The minimum atomic E-state index is 0.670. The molecule has 326 valence electrons. The number of hydrogen-bond donors (Lipinski definition) is 2. The van der Waals surface area contributed by atoms with E-state index in [1.165, 1.54) is 50.1 Å². The first-order chi connectivity index (χ1) is 32.3. The van der Waals surface area contributed by atoms with Gasteiger partial charge in [0.15, 0.2) is 6.29 Å². The summed E-state index contributed by atoms with van der Waals surface area (Å²) in [6, 6.07) is 39.3. The zero-order valence-electron chi connectivity index (χ0n) is 39.6. The SMILES string of the molecule is Cc1cc(C)c(-c2c3nc(c(-c4c(C)cc(C)cc4C)c4ccc([nH]4)c(-c4cccc5cc6cccc(C=O)c6cc45)c4ccc([nH]4)c(-c4c(C)cc(C)cc4C)c4nc2C=C4)C=C3)c(C)c1. The largest absolute Gasteiger partial charge is 0.354 e. The van der Waals surface area contributed by atoms with E-state index in [1.807, 2.05) is 12.1 Å². The molecule has 8 bridgehead atoms. The molecule has 0 unspecified atom stereocenters. The fourth-order valence-electron chi connectivity index (χ4n) is 11.4. The highest BCUT2D eigenvalue weighted by atomic mass is 16.1. The highest BCUT2D eigenvalue weighted by molar-refractivity contribution is 6.13. The van der Waals surface area contributed by atoms with Crippen LogP contribution in [0.5, 0.6) is 0 Å². The number of fused-ring (bicyclic) bond motifs is 10. The number of rotatable bonds is 5. The summed E-state index contributed by atoms with van der Waals surface area (Å²) >= 11 is 0. The molecule has 5 nitrogen and oxygen atoms in total. The van der Waals surface area contributed by atoms with Crippen LogP contribution in [0, 0.1) is 62.3 Å². The average Bonchev–Trinajstić information content (AvgIpc) is 4.13. The van der Waals surface area contributed by atoms with E-state index in [0.717, 1.165) is 117 Å². The van der Waals surface area contributed by atoms with Crippen molar-refractivity contribution in [2.45, 2.75) is 62.3 Å². The summed E-state index contributed by atoms with van der Waals surface area (Å²) in [5.74, 6) is 0. The second-order valence-electron chi connectivity index (χ2n) is 18.9. The lowest BCUT2D eigenvalue weighted by molar-refractivity contribution is 0.112. The zero-order chi connectivity index (χ0) is 46.4. The molecule has 2 aliphatic rings. The molecule has 9 aromatic rings. The number of hydrogen-bond acceptors (Lipinski definition) is 3. The van der Waals surface area contributed by atoms with Gasteiger partial charge < -0.3 is 9.97 Å². The molecular formula is C62H52N4O. The number of aromatic amines is 2. The van der Waals surface area contributed by atoms with Crippen molar-refractivity contribution >= 4 is 74.2 Å². The summed E-state index contributed by atoms with van der Waals surface area (Å²) in [4.78, 5) is 31.7. The van der Waals surface area contributed by atoms with Gasteiger partial charge in [-0.05, 0) is 200 Å². The van der Waals surface area contributed by atoms with E-state index in [1.54, 1.807) is 0 Å². The van der Waals surface area contributed by atoms with E-state index in [2.05, 4.69) is 194 Å². The molecule has 5 heteroatoms. The average molecular weight is 869 g/mol. The Balaban J connectivity index is 1.36. The Kier molecular flexibility index (Phi) is 9.93. The van der Waals surface area contributed by atoms with E-state index in [9.17, 15) is 4.79 Å². The van der Waals surface area contributed by atoms with Crippen molar-refractivity contribution in [1.82, 2.24) is 19.9 Å². The minimum Gasteiger partial charge on any atom is -0.354 e. The summed E-state index contributed by atoms with van der Waals surface area (Å²) in [5.41, 5.74) is 27.5. The molecule has 11 rings (SSSR count). The lowest BCUT2D eigenvalue weighted by Crippen LogP contribution is -1.97. The topological polar surface area (TPSA) is 74.4 Å². The van der Waals surface area contributed by atoms with Crippen molar-refractivity contribution in [3.8, 4) is 44.5 Å². The van der Waals surface area contributed by atoms with Gasteiger partial charge in [0.25, 0.3) is 0 Å². The standard InChI is InChI=1S/C62H52N4O/c1-33-24-36(4)56(37(5)25-33)60-50-18-16-48(63-50)59(45-15-11-13-43-30-42-12-10-14-44(32-67)46(42)31-47(43)45)49-17-19-51(64-49)61(57-38(6)26-34(2)27-39(57)7)53-21-23-55(66-53)62(54-22-20-52(60)65-54)58-40(8)28-35(3)29-41(58)9/h10-32,63-64H,1-9H3. The number of H-pyrrole nitrogens is 2. The third kappa shape index (κ3) is 6.96. The summed E-state index contributed by atoms with van der Waals surface area (Å²) in [6.45, 7) is 19.7. The fraction of sp³-hybridized carbons (Fsp3) is 0.145. The zero-order valence-corrected chi connectivity index (χ0v) is 39.6. The van der Waals surface area contributed by atoms with Crippen molar-refractivity contribution in [3.63, 3.8) is 0 Å². The van der Waals surface area contributed by atoms with Crippen LogP contribution in [-0.4, -0.2) is 26.2 Å². The van der Waals surface area contributed by atoms with E-state index in [0.29, 0.717) is 5.56 Å². The quantitative estimate of drug-likeness (QED) is 0.134. The van der Waals surface area contributed by atoms with Crippen LogP contribution in [-0.2, 0) is 0 Å². The number of benzene rings is 6. The molecule has 0 amide bonds. The van der Waals surface area contributed by atoms with Crippen molar-refractivity contribution in [1.29, 1.82) is 0 Å². The van der Waals surface area contributed by atoms with Crippen LogP contribution < -0.4 is 0 Å². The number of nitrogens with zero attached hydrogens (tertiary/aromatic N) is 2. The first kappa shape index (κ1) is 41.8. The van der Waals surface area contributed by atoms with Gasteiger partial charge in [-0.25, -0.2) is 9.97 Å². The van der Waals surface area contributed by atoms with Crippen molar-refractivity contribution in [3.05, 3.63) is 188 Å². The Bertz CT molecular complexity index is 3640. The molecule has 5 heterocycles. The molecule has 0 saturated heterocycles. The Labute approximate surface area is 391 Å². The van der Waals surface area contributed by atoms with Gasteiger partial charge in [-0.15, -0.1) is 0 Å². The van der Waals surface area contributed by atoms with Crippen molar-refractivity contribution < 1.29 is 4.79 Å². The molecule has 0 radical (unpaired) electrons. The van der Waals surface area contributed by atoms with Gasteiger partial charge in [0.1, 0.15) is 0 Å². The molecule has 3 aromatic heterocycles. The lowest BCUT2D eigenvalue weighted by atomic mass is 9.92. The van der Waals surface area contributed by atoms with Crippen molar-refractivity contribution in [2.75, 3.05) is 0 Å². The lowest BCUT2D eigenvalue weighted by Gasteiger charge is -2.15. The van der Waals surface area contributed by atoms with Crippen LogP contribution in [0.3, 0.4) is 0 Å². The highest BCUT2D eigenvalue weighted by Gasteiger charge is 2.24. The van der Waals surface area contributed by atoms with E-state index < -0.39 is 0 Å². The number of aldehydes is 1. The van der Waals surface area contributed by atoms with E-state index >= 15 is 0 Å². The number of nitrogens with one attached hydrogen (secondary N) is 2. The van der Waals surface area contributed by atoms with Crippen LogP contribution in [0.25, 0.3) is 112 Å². The van der Waals surface area contributed by atoms with Crippen LogP contribution in [0.2, 0.25) is 0 Å². The molecule has 0 aliphatic carbocycles. The van der Waals surface area contributed by atoms with Gasteiger partial charge in [-0.3, -0.25) is 4.79 Å². The maximum Gasteiger partial charge on any atom is 0.150 e. The molecule has 2 N–H and O–H groups in total. The second-order valence-corrected chi connectivity index (χ2v) is 18.9. The number of carbonyl (C=O) groups excluding carboxylic acids is 1. The van der Waals surface area contributed by atoms with E-state index in [-0.39, 0.29) is 0 Å². The van der Waals surface area contributed by atoms with Crippen LogP contribution in [0.4, 0.5) is 0 Å². The van der Waals surface area contributed by atoms with Gasteiger partial charge >= 0.3 is 0 Å². The monoisotopic (exact) mass is 868 g/mol. The van der Waals surface area contributed by atoms with Crippen LogP contribution in [0.1, 0.15) is 83.2 Å². The Morgan fingerprint density at radius 1 is 0.373 bits per heavy atom. The van der Waals surface area contributed by atoms with E-state index in [4.69, 9.17) is 9.97 Å². The smallest absolute Gasteiger partial charge is 0.150 e. The number of carbonyl (C=O) groups is 1. The number of aromatic nitrogens is 4. The summed E-state index contributed by atoms with van der Waals surface area (Å²) in [5, 5.41) is 4.11. The molecule has 0 fully saturated rings. The molecular weight excluding hydrogens is 817 g/mol. The molecule has 0 spiro atoms. The van der Waals surface area contributed by atoms with Crippen LogP contribution in [0.15, 0.2) is 109 Å². The van der Waals surface area contributed by atoms with Gasteiger partial charge in [0.2, 0.25) is 0 Å². The van der Waals surface area contributed by atoms with Crippen LogP contribution >= 0.6 is 0 Å². The summed E-state index contributed by atoms with van der Waals surface area (Å²) < 4.78 is 0. The third-order valence-electron chi connectivity index (χ3n) is 13.8. The first-order valence-corrected chi connectivity index (χ1v) is 23.2. The molecule has 0 saturated carbocycles. The summed E-state index contributed by atoms with van der Waals surface area (Å²) in [7, 11) is 0. The minimum absolute atomic E-state index is 0.670. The predicted molar refractivity (Wildman–Crippen MR) is 284 cm³/mol. The maximum atomic E-state index is 12.4. The Hall–Kier alpha value is -7.89. The van der Waals surface area contributed by atoms with Gasteiger partial charge in [-0.2, -0.15) is 0 Å². The summed E-state index contributed by atoms with van der Waals surface area (Å²) in [6.07, 6.45) is 9.69. The molecule has 0 atom stereocenters. The predicted octanol–water partition coefficient (Wildman–Crippen LogP) is 16.2. The molecule has 67 heavy (non-hydrogen) atoms. The maximum absolute atomic E-state index is 12.4. The van der Waals surface area contributed by atoms with Gasteiger partial charge in [-0.1, -0.05) is 89.5 Å². The fourth-order valence-corrected chi connectivity index (χ4v) is 11.4. The number of aryl methyl sites for hydroxylation is 9. The van der Waals surface area contributed by atoms with Gasteiger partial charge in [0.05, 0.1) is 22.8 Å². The first-order valence-electron chi connectivity index (χ1n) is 23.2. The molecule has 2 aliphatic heterocycles. The molecule has 6 aromatic carbocycles. The third-order valence-corrected chi connectivity index (χ3v) is 13.8. The van der Waals surface area contributed by atoms with Gasteiger partial charge in [0, 0.05) is 49.9 Å².